The van der Waals surface area contributed by atoms with Crippen molar-refractivity contribution in [1.29, 1.82) is 0 Å². The van der Waals surface area contributed by atoms with Crippen LogP contribution in [0.1, 0.15) is 70.9 Å². The van der Waals surface area contributed by atoms with Gasteiger partial charge in [0, 0.05) is 0 Å². The lowest BCUT2D eigenvalue weighted by Crippen LogP contribution is -2.03. The lowest BCUT2D eigenvalue weighted by Gasteiger charge is -2.13. The van der Waals surface area contributed by atoms with Crippen molar-refractivity contribution in [3.05, 3.63) is 35.1 Å². The second-order valence-corrected chi connectivity index (χ2v) is 6.46. The van der Waals surface area contributed by atoms with E-state index in [-0.39, 0.29) is 5.82 Å². The van der Waals surface area contributed by atoms with Crippen LogP contribution in [0.25, 0.3) is 0 Å². The van der Waals surface area contributed by atoms with Gasteiger partial charge >= 0.3 is 0 Å². The second-order valence-electron chi connectivity index (χ2n) is 6.46. The highest BCUT2D eigenvalue weighted by molar-refractivity contribution is 5.25. The molecule has 0 N–H and O–H groups in total. The Morgan fingerprint density at radius 2 is 1.60 bits per heavy atom. The third-order valence-electron chi connectivity index (χ3n) is 4.17. The fourth-order valence-electron chi connectivity index (χ4n) is 2.96. The largest absolute Gasteiger partial charge is 0.207 e. The molecule has 0 heterocycles. The summed E-state index contributed by atoms with van der Waals surface area (Å²) < 4.78 is 13.9. The molecule has 0 bridgehead atoms. The van der Waals surface area contributed by atoms with E-state index in [1.54, 1.807) is 6.07 Å². The van der Waals surface area contributed by atoms with Crippen LogP contribution in [0.3, 0.4) is 0 Å². The van der Waals surface area contributed by atoms with Gasteiger partial charge in [0.15, 0.2) is 0 Å². The molecule has 0 spiro atoms. The smallest absolute Gasteiger partial charge is 0.126 e. The molecule has 0 nitrogen and oxygen atoms in total. The number of rotatable bonds is 9. The lowest BCUT2D eigenvalue weighted by molar-refractivity contribution is 0.484. The van der Waals surface area contributed by atoms with E-state index in [2.05, 4.69) is 33.8 Å². The minimum absolute atomic E-state index is 0.0293. The number of aryl methyl sites for hydroxylation is 1. The van der Waals surface area contributed by atoms with Gasteiger partial charge in [-0.1, -0.05) is 65.5 Å². The summed E-state index contributed by atoms with van der Waals surface area (Å²) in [5.41, 5.74) is 2.21. The molecule has 2 atom stereocenters. The number of hydrogen-bond donors (Lipinski definition) is 0. The predicted molar refractivity (Wildman–Crippen MR) is 86.6 cm³/mol. The van der Waals surface area contributed by atoms with Gasteiger partial charge in [-0.25, -0.2) is 4.39 Å². The summed E-state index contributed by atoms with van der Waals surface area (Å²) in [7, 11) is 0. The molecule has 2 unspecified atom stereocenters. The highest BCUT2D eigenvalue weighted by Crippen LogP contribution is 2.20. The normalized spacial score (nSPS) is 14.2. The molecule has 0 radical (unpaired) electrons. The quantitative estimate of drug-likeness (QED) is 0.506. The first-order valence-electron chi connectivity index (χ1n) is 8.34. The van der Waals surface area contributed by atoms with Crippen molar-refractivity contribution in [3.63, 3.8) is 0 Å². The van der Waals surface area contributed by atoms with Gasteiger partial charge < -0.3 is 0 Å². The molecule has 114 valence electrons. The molecule has 0 amide bonds. The van der Waals surface area contributed by atoms with Crippen molar-refractivity contribution in [2.75, 3.05) is 0 Å². The van der Waals surface area contributed by atoms with Crippen LogP contribution in [0.4, 0.5) is 4.39 Å². The fourth-order valence-corrected chi connectivity index (χ4v) is 2.96. The van der Waals surface area contributed by atoms with E-state index in [1.165, 1.54) is 37.7 Å². The zero-order valence-electron chi connectivity index (χ0n) is 13.7. The number of benzene rings is 1. The van der Waals surface area contributed by atoms with E-state index >= 15 is 0 Å². The van der Waals surface area contributed by atoms with Gasteiger partial charge in [-0.3, -0.25) is 0 Å². The van der Waals surface area contributed by atoms with Gasteiger partial charge in [-0.2, -0.15) is 0 Å². The first-order chi connectivity index (χ1) is 9.56. The highest BCUT2D eigenvalue weighted by atomic mass is 19.1. The molecule has 20 heavy (non-hydrogen) atoms. The van der Waals surface area contributed by atoms with Gasteiger partial charge in [0.05, 0.1) is 0 Å². The Hall–Kier alpha value is -0.850. The van der Waals surface area contributed by atoms with Crippen LogP contribution in [-0.2, 0) is 12.8 Å². The topological polar surface area (TPSA) is 0 Å². The Balaban J connectivity index is 2.61. The predicted octanol–water partition coefficient (Wildman–Crippen LogP) is 6.17. The zero-order valence-corrected chi connectivity index (χ0v) is 13.7. The molecule has 1 rings (SSSR count). The van der Waals surface area contributed by atoms with Gasteiger partial charge in [0.1, 0.15) is 5.82 Å². The molecule has 0 saturated carbocycles. The molecular formula is C19H31F. The summed E-state index contributed by atoms with van der Waals surface area (Å²) in [5, 5.41) is 0. The molecule has 0 aliphatic heterocycles. The van der Waals surface area contributed by atoms with E-state index in [9.17, 15) is 4.39 Å². The molecule has 0 fully saturated rings. The highest BCUT2D eigenvalue weighted by Gasteiger charge is 2.09. The maximum absolute atomic E-state index is 13.9. The summed E-state index contributed by atoms with van der Waals surface area (Å²) in [6.45, 7) is 8.97. The summed E-state index contributed by atoms with van der Waals surface area (Å²) in [4.78, 5) is 0. The number of hydrogen-bond acceptors (Lipinski definition) is 0. The Morgan fingerprint density at radius 3 is 2.25 bits per heavy atom. The number of halogens is 1. The Bertz CT molecular complexity index is 383. The minimum atomic E-state index is -0.0293. The van der Waals surface area contributed by atoms with E-state index in [1.807, 2.05) is 6.07 Å². The lowest BCUT2D eigenvalue weighted by atomic mass is 9.93. The average Bonchev–Trinajstić information content (AvgIpc) is 2.40. The average molecular weight is 278 g/mol. The molecule has 0 aliphatic carbocycles. The summed E-state index contributed by atoms with van der Waals surface area (Å²) in [5.74, 6) is 1.31. The Kier molecular flexibility index (Phi) is 7.87. The van der Waals surface area contributed by atoms with Crippen LogP contribution in [0.2, 0.25) is 0 Å². The van der Waals surface area contributed by atoms with Crippen LogP contribution >= 0.6 is 0 Å². The minimum Gasteiger partial charge on any atom is -0.207 e. The van der Waals surface area contributed by atoms with E-state index < -0.39 is 0 Å². The van der Waals surface area contributed by atoms with Crippen LogP contribution < -0.4 is 0 Å². The molecule has 1 heteroatoms. The van der Waals surface area contributed by atoms with Crippen molar-refractivity contribution in [3.8, 4) is 0 Å². The molecular weight excluding hydrogens is 247 g/mol. The van der Waals surface area contributed by atoms with Crippen LogP contribution in [-0.4, -0.2) is 0 Å². The van der Waals surface area contributed by atoms with E-state index in [0.717, 1.165) is 24.3 Å². The van der Waals surface area contributed by atoms with Gasteiger partial charge in [0.25, 0.3) is 0 Å². The fraction of sp³-hybridized carbons (Fsp3) is 0.684. The first-order valence-corrected chi connectivity index (χ1v) is 8.34. The Morgan fingerprint density at radius 1 is 0.950 bits per heavy atom. The molecule has 0 aromatic heterocycles. The van der Waals surface area contributed by atoms with Gasteiger partial charge in [-0.15, -0.1) is 0 Å². The summed E-state index contributed by atoms with van der Waals surface area (Å²) >= 11 is 0. The SMILES string of the molecule is CCCC(C)CCc1ccc(F)c(CC(C)CCC)c1. The van der Waals surface area contributed by atoms with Crippen molar-refractivity contribution >= 4 is 0 Å². The van der Waals surface area contributed by atoms with Crippen molar-refractivity contribution in [2.24, 2.45) is 11.8 Å². The molecule has 0 saturated heterocycles. The van der Waals surface area contributed by atoms with Gasteiger partial charge in [-0.05, 0) is 48.3 Å². The maximum atomic E-state index is 13.9. The van der Waals surface area contributed by atoms with Crippen molar-refractivity contribution in [1.82, 2.24) is 0 Å². The molecule has 1 aromatic carbocycles. The summed E-state index contributed by atoms with van der Waals surface area (Å²) in [6, 6.07) is 5.72. The van der Waals surface area contributed by atoms with E-state index in [4.69, 9.17) is 0 Å². The first kappa shape index (κ1) is 17.2. The molecule has 0 aliphatic rings. The third kappa shape index (κ3) is 6.07. The third-order valence-corrected chi connectivity index (χ3v) is 4.17. The van der Waals surface area contributed by atoms with E-state index in [0.29, 0.717) is 5.92 Å². The molecule has 1 aromatic rings. The van der Waals surface area contributed by atoms with Crippen molar-refractivity contribution < 1.29 is 4.39 Å². The van der Waals surface area contributed by atoms with Gasteiger partial charge in [0.2, 0.25) is 0 Å². The second kappa shape index (κ2) is 9.15. The maximum Gasteiger partial charge on any atom is 0.126 e. The van der Waals surface area contributed by atoms with Crippen LogP contribution in [0.15, 0.2) is 18.2 Å². The van der Waals surface area contributed by atoms with Crippen LogP contribution in [0.5, 0.6) is 0 Å². The zero-order chi connectivity index (χ0) is 15.0. The van der Waals surface area contributed by atoms with Crippen LogP contribution in [0, 0.1) is 17.7 Å². The standard InChI is InChI=1S/C19H31F/c1-5-7-15(3)9-10-17-11-12-19(20)18(14-17)13-16(4)8-6-2/h11-12,14-16H,5-10,13H2,1-4H3. The Labute approximate surface area is 124 Å². The monoisotopic (exact) mass is 278 g/mol. The van der Waals surface area contributed by atoms with Crippen molar-refractivity contribution in [2.45, 2.75) is 72.6 Å². The summed E-state index contributed by atoms with van der Waals surface area (Å²) in [6.07, 6.45) is 8.07.